The zero-order valence-corrected chi connectivity index (χ0v) is 8.94. The first kappa shape index (κ1) is 10.1. The zero-order valence-electron chi connectivity index (χ0n) is 8.12. The molecule has 2 atom stereocenters. The molecule has 0 aliphatic carbocycles. The SMILES string of the molecule is C=CCCN1CCSC(C)C1C. The Bertz CT molecular complexity index is 147. The lowest BCUT2D eigenvalue weighted by molar-refractivity contribution is 0.217. The van der Waals surface area contributed by atoms with Crippen molar-refractivity contribution in [2.45, 2.75) is 31.6 Å². The van der Waals surface area contributed by atoms with Gasteiger partial charge in [0.05, 0.1) is 0 Å². The fraction of sp³-hybridized carbons (Fsp3) is 0.800. The quantitative estimate of drug-likeness (QED) is 0.621. The predicted octanol–water partition coefficient (Wildman–Crippen LogP) is 2.39. The van der Waals surface area contributed by atoms with Gasteiger partial charge in [0, 0.05) is 30.1 Å². The molecule has 1 saturated heterocycles. The van der Waals surface area contributed by atoms with E-state index in [1.807, 2.05) is 6.08 Å². The number of hydrogen-bond acceptors (Lipinski definition) is 2. The molecule has 0 N–H and O–H groups in total. The first-order valence-corrected chi connectivity index (χ1v) is 5.77. The number of nitrogens with zero attached hydrogens (tertiary/aromatic N) is 1. The highest BCUT2D eigenvalue weighted by atomic mass is 32.2. The van der Waals surface area contributed by atoms with Crippen LogP contribution in [0.15, 0.2) is 12.7 Å². The number of thioether (sulfide) groups is 1. The second-order valence-corrected chi connectivity index (χ2v) is 4.91. The maximum atomic E-state index is 3.76. The molecule has 0 aromatic carbocycles. The molecular weight excluding hydrogens is 166 g/mol. The Morgan fingerprint density at radius 1 is 1.58 bits per heavy atom. The summed E-state index contributed by atoms with van der Waals surface area (Å²) in [6, 6.07) is 0.740. The van der Waals surface area contributed by atoms with Crippen LogP contribution in [0.4, 0.5) is 0 Å². The highest BCUT2D eigenvalue weighted by Gasteiger charge is 2.23. The number of hydrogen-bond donors (Lipinski definition) is 0. The van der Waals surface area contributed by atoms with Crippen LogP contribution in [0.1, 0.15) is 20.3 Å². The Morgan fingerprint density at radius 3 is 3.00 bits per heavy atom. The fourth-order valence-corrected chi connectivity index (χ4v) is 2.73. The van der Waals surface area contributed by atoms with Gasteiger partial charge in [0.1, 0.15) is 0 Å². The summed E-state index contributed by atoms with van der Waals surface area (Å²) in [5.74, 6) is 1.29. The van der Waals surface area contributed by atoms with E-state index < -0.39 is 0 Å². The van der Waals surface area contributed by atoms with Gasteiger partial charge >= 0.3 is 0 Å². The molecule has 1 aliphatic rings. The molecule has 1 aliphatic heterocycles. The molecule has 0 aromatic rings. The van der Waals surface area contributed by atoms with Crippen molar-refractivity contribution >= 4 is 11.8 Å². The Hall–Kier alpha value is 0.0500. The Kier molecular flexibility index (Phi) is 4.16. The van der Waals surface area contributed by atoms with Gasteiger partial charge in [-0.3, -0.25) is 4.90 Å². The van der Waals surface area contributed by atoms with E-state index in [4.69, 9.17) is 0 Å². The Labute approximate surface area is 80.2 Å². The third-order valence-electron chi connectivity index (χ3n) is 2.63. The molecule has 1 nitrogen and oxygen atoms in total. The molecule has 0 aromatic heterocycles. The first-order chi connectivity index (χ1) is 5.75. The first-order valence-electron chi connectivity index (χ1n) is 4.72. The summed E-state index contributed by atoms with van der Waals surface area (Å²) < 4.78 is 0. The molecule has 1 rings (SSSR count). The van der Waals surface area contributed by atoms with Gasteiger partial charge < -0.3 is 0 Å². The lowest BCUT2D eigenvalue weighted by Crippen LogP contribution is -2.44. The van der Waals surface area contributed by atoms with Crippen LogP contribution in [0.2, 0.25) is 0 Å². The van der Waals surface area contributed by atoms with Crippen LogP contribution in [0.3, 0.4) is 0 Å². The summed E-state index contributed by atoms with van der Waals surface area (Å²) in [5, 5.41) is 0.795. The summed E-state index contributed by atoms with van der Waals surface area (Å²) in [6.45, 7) is 10.9. The van der Waals surface area contributed by atoms with Crippen LogP contribution in [-0.4, -0.2) is 35.0 Å². The maximum absolute atomic E-state index is 3.76. The van der Waals surface area contributed by atoms with E-state index in [1.165, 1.54) is 18.8 Å². The number of rotatable bonds is 3. The van der Waals surface area contributed by atoms with Crippen LogP contribution in [0, 0.1) is 0 Å². The topological polar surface area (TPSA) is 3.24 Å². The second-order valence-electron chi connectivity index (χ2n) is 3.43. The minimum absolute atomic E-state index is 0.740. The molecule has 0 amide bonds. The van der Waals surface area contributed by atoms with Gasteiger partial charge in [-0.2, -0.15) is 11.8 Å². The Balaban J connectivity index is 2.35. The van der Waals surface area contributed by atoms with Gasteiger partial charge in [-0.15, -0.1) is 6.58 Å². The molecular formula is C10H19NS. The highest BCUT2D eigenvalue weighted by molar-refractivity contribution is 8.00. The van der Waals surface area contributed by atoms with Crippen LogP contribution in [-0.2, 0) is 0 Å². The lowest BCUT2D eigenvalue weighted by atomic mass is 10.2. The van der Waals surface area contributed by atoms with E-state index >= 15 is 0 Å². The van der Waals surface area contributed by atoms with Crippen LogP contribution >= 0.6 is 11.8 Å². The van der Waals surface area contributed by atoms with E-state index in [2.05, 4.69) is 37.1 Å². The minimum Gasteiger partial charge on any atom is -0.298 e. The van der Waals surface area contributed by atoms with Crippen LogP contribution in [0.25, 0.3) is 0 Å². The van der Waals surface area contributed by atoms with Crippen molar-refractivity contribution in [2.24, 2.45) is 0 Å². The fourth-order valence-electron chi connectivity index (χ4n) is 1.57. The van der Waals surface area contributed by atoms with Crippen molar-refractivity contribution in [2.75, 3.05) is 18.8 Å². The second kappa shape index (κ2) is 4.93. The molecule has 1 fully saturated rings. The van der Waals surface area contributed by atoms with E-state index in [-0.39, 0.29) is 0 Å². The average molecular weight is 185 g/mol. The minimum atomic E-state index is 0.740. The van der Waals surface area contributed by atoms with Gasteiger partial charge in [0.15, 0.2) is 0 Å². The van der Waals surface area contributed by atoms with E-state index in [1.54, 1.807) is 0 Å². The molecule has 0 radical (unpaired) electrons. The van der Waals surface area contributed by atoms with Crippen molar-refractivity contribution in [3.63, 3.8) is 0 Å². The van der Waals surface area contributed by atoms with E-state index in [0.29, 0.717) is 0 Å². The van der Waals surface area contributed by atoms with Crippen molar-refractivity contribution in [1.29, 1.82) is 0 Å². The molecule has 12 heavy (non-hydrogen) atoms. The van der Waals surface area contributed by atoms with Crippen molar-refractivity contribution in [1.82, 2.24) is 4.90 Å². The summed E-state index contributed by atoms with van der Waals surface area (Å²) in [7, 11) is 0. The molecule has 2 unspecified atom stereocenters. The van der Waals surface area contributed by atoms with E-state index in [0.717, 1.165) is 17.7 Å². The molecule has 2 heteroatoms. The lowest BCUT2D eigenvalue weighted by Gasteiger charge is -2.37. The van der Waals surface area contributed by atoms with Crippen molar-refractivity contribution in [3.8, 4) is 0 Å². The van der Waals surface area contributed by atoms with Crippen LogP contribution < -0.4 is 0 Å². The zero-order chi connectivity index (χ0) is 8.97. The molecule has 0 bridgehead atoms. The summed E-state index contributed by atoms with van der Waals surface area (Å²) in [5.41, 5.74) is 0. The third-order valence-corrected chi connectivity index (χ3v) is 3.97. The molecule has 0 spiro atoms. The summed E-state index contributed by atoms with van der Waals surface area (Å²) >= 11 is 2.10. The molecule has 70 valence electrons. The Morgan fingerprint density at radius 2 is 2.33 bits per heavy atom. The smallest absolute Gasteiger partial charge is 0.0184 e. The third kappa shape index (κ3) is 2.53. The highest BCUT2D eigenvalue weighted by Crippen LogP contribution is 2.23. The van der Waals surface area contributed by atoms with Gasteiger partial charge in [0.25, 0.3) is 0 Å². The molecule has 1 heterocycles. The standard InChI is InChI=1S/C10H19NS/c1-4-5-6-11-7-8-12-10(3)9(11)2/h4,9-10H,1,5-8H2,2-3H3. The maximum Gasteiger partial charge on any atom is 0.0184 e. The summed E-state index contributed by atoms with van der Waals surface area (Å²) in [6.07, 6.45) is 3.14. The van der Waals surface area contributed by atoms with Crippen molar-refractivity contribution in [3.05, 3.63) is 12.7 Å². The van der Waals surface area contributed by atoms with Crippen molar-refractivity contribution < 1.29 is 0 Å². The summed E-state index contributed by atoms with van der Waals surface area (Å²) in [4.78, 5) is 2.57. The van der Waals surface area contributed by atoms with E-state index in [9.17, 15) is 0 Å². The predicted molar refractivity (Wildman–Crippen MR) is 57.8 cm³/mol. The monoisotopic (exact) mass is 185 g/mol. The molecule has 0 saturated carbocycles. The largest absolute Gasteiger partial charge is 0.298 e. The van der Waals surface area contributed by atoms with Gasteiger partial charge in [-0.05, 0) is 13.3 Å². The van der Waals surface area contributed by atoms with Crippen LogP contribution in [0.5, 0.6) is 0 Å². The van der Waals surface area contributed by atoms with Gasteiger partial charge in [-0.25, -0.2) is 0 Å². The normalized spacial score (nSPS) is 31.8. The van der Waals surface area contributed by atoms with Gasteiger partial charge in [-0.1, -0.05) is 13.0 Å². The average Bonchev–Trinajstić information content (AvgIpc) is 2.08. The van der Waals surface area contributed by atoms with Gasteiger partial charge in [0.2, 0.25) is 0 Å².